The van der Waals surface area contributed by atoms with E-state index >= 15 is 0 Å². The van der Waals surface area contributed by atoms with E-state index in [1.54, 1.807) is 6.20 Å². The van der Waals surface area contributed by atoms with Gasteiger partial charge in [-0.05, 0) is 58.3 Å². The third kappa shape index (κ3) is 5.05. The van der Waals surface area contributed by atoms with E-state index in [0.717, 1.165) is 51.6 Å². The van der Waals surface area contributed by atoms with Gasteiger partial charge in [0.15, 0.2) is 0 Å². The Labute approximate surface area is 155 Å². The van der Waals surface area contributed by atoms with Gasteiger partial charge < -0.3 is 20.5 Å². The zero-order valence-electron chi connectivity index (χ0n) is 15.4. The van der Waals surface area contributed by atoms with Gasteiger partial charge in [0.1, 0.15) is 17.5 Å². The summed E-state index contributed by atoms with van der Waals surface area (Å²) in [6.07, 6.45) is 9.35. The van der Waals surface area contributed by atoms with Gasteiger partial charge in [-0.25, -0.2) is 4.98 Å². The van der Waals surface area contributed by atoms with Gasteiger partial charge in [-0.1, -0.05) is 0 Å². The fourth-order valence-corrected chi connectivity index (χ4v) is 3.92. The predicted octanol–water partition coefficient (Wildman–Crippen LogP) is 2.82. The SMILES string of the molecule is CCOC1CCC(Nc2ncc(C#N)c(NC3CCCC(O)C3)n2)CC1. The summed E-state index contributed by atoms with van der Waals surface area (Å²) in [6, 6.07) is 2.64. The number of rotatable bonds is 6. The minimum Gasteiger partial charge on any atom is -0.393 e. The summed E-state index contributed by atoms with van der Waals surface area (Å²) in [5, 5.41) is 25.9. The van der Waals surface area contributed by atoms with Crippen LogP contribution in [0.15, 0.2) is 6.20 Å². The van der Waals surface area contributed by atoms with Gasteiger partial charge in [0.05, 0.1) is 18.4 Å². The van der Waals surface area contributed by atoms with Crippen molar-refractivity contribution in [1.29, 1.82) is 5.26 Å². The smallest absolute Gasteiger partial charge is 0.224 e. The largest absolute Gasteiger partial charge is 0.393 e. The van der Waals surface area contributed by atoms with Crippen molar-refractivity contribution in [3.8, 4) is 6.07 Å². The van der Waals surface area contributed by atoms with E-state index in [1.807, 2.05) is 6.92 Å². The van der Waals surface area contributed by atoms with E-state index < -0.39 is 0 Å². The second kappa shape index (κ2) is 9.15. The molecule has 0 aliphatic heterocycles. The second-order valence-corrected chi connectivity index (χ2v) is 7.30. The molecule has 0 aromatic carbocycles. The van der Waals surface area contributed by atoms with Gasteiger partial charge in [0, 0.05) is 18.7 Å². The third-order valence-corrected chi connectivity index (χ3v) is 5.31. The quantitative estimate of drug-likeness (QED) is 0.717. The predicted molar refractivity (Wildman–Crippen MR) is 99.9 cm³/mol. The number of nitrogens with one attached hydrogen (secondary N) is 2. The zero-order valence-corrected chi connectivity index (χ0v) is 15.4. The number of ether oxygens (including phenoxy) is 1. The second-order valence-electron chi connectivity index (χ2n) is 7.30. The molecular formula is C19H29N5O2. The fourth-order valence-electron chi connectivity index (χ4n) is 3.92. The molecule has 1 heterocycles. The highest BCUT2D eigenvalue weighted by Gasteiger charge is 2.24. The zero-order chi connectivity index (χ0) is 18.4. The van der Waals surface area contributed by atoms with Crippen LogP contribution in [0.3, 0.4) is 0 Å². The number of anilines is 2. The molecule has 2 aliphatic rings. The van der Waals surface area contributed by atoms with Crippen LogP contribution in [0, 0.1) is 11.3 Å². The molecule has 3 N–H and O–H groups in total. The maximum atomic E-state index is 9.85. The molecule has 2 unspecified atom stereocenters. The van der Waals surface area contributed by atoms with Gasteiger partial charge in [0.2, 0.25) is 5.95 Å². The molecule has 0 bridgehead atoms. The summed E-state index contributed by atoms with van der Waals surface area (Å²) >= 11 is 0. The van der Waals surface area contributed by atoms with Crippen LogP contribution in [0.2, 0.25) is 0 Å². The van der Waals surface area contributed by atoms with Crippen LogP contribution in [-0.2, 0) is 4.74 Å². The number of aromatic nitrogens is 2. The van der Waals surface area contributed by atoms with Crippen molar-refractivity contribution in [1.82, 2.24) is 9.97 Å². The molecule has 3 rings (SSSR count). The van der Waals surface area contributed by atoms with E-state index in [9.17, 15) is 10.4 Å². The van der Waals surface area contributed by atoms with Gasteiger partial charge in [0.25, 0.3) is 0 Å². The first kappa shape index (κ1) is 18.9. The van der Waals surface area contributed by atoms with Crippen LogP contribution < -0.4 is 10.6 Å². The van der Waals surface area contributed by atoms with E-state index in [2.05, 4.69) is 26.7 Å². The van der Waals surface area contributed by atoms with Crippen LogP contribution in [0.1, 0.15) is 63.9 Å². The van der Waals surface area contributed by atoms with Crippen LogP contribution in [0.5, 0.6) is 0 Å². The van der Waals surface area contributed by atoms with E-state index in [0.29, 0.717) is 35.9 Å². The first-order chi connectivity index (χ1) is 12.7. The van der Waals surface area contributed by atoms with Crippen LogP contribution in [-0.4, -0.2) is 46.0 Å². The Kier molecular flexibility index (Phi) is 6.64. The van der Waals surface area contributed by atoms with Crippen molar-refractivity contribution in [3.63, 3.8) is 0 Å². The van der Waals surface area contributed by atoms with Crippen molar-refractivity contribution >= 4 is 11.8 Å². The van der Waals surface area contributed by atoms with Crippen LogP contribution in [0.25, 0.3) is 0 Å². The summed E-state index contributed by atoms with van der Waals surface area (Å²) in [4.78, 5) is 8.85. The van der Waals surface area contributed by atoms with Crippen molar-refractivity contribution in [3.05, 3.63) is 11.8 Å². The number of hydrogen-bond donors (Lipinski definition) is 3. The molecule has 26 heavy (non-hydrogen) atoms. The summed E-state index contributed by atoms with van der Waals surface area (Å²) in [5.41, 5.74) is 0.440. The van der Waals surface area contributed by atoms with Gasteiger partial charge in [-0.3, -0.25) is 0 Å². The Morgan fingerprint density at radius 2 is 2.00 bits per heavy atom. The summed E-state index contributed by atoms with van der Waals surface area (Å²) in [5.74, 6) is 1.12. The summed E-state index contributed by atoms with van der Waals surface area (Å²) < 4.78 is 5.70. The highest BCUT2D eigenvalue weighted by atomic mass is 16.5. The lowest BCUT2D eigenvalue weighted by Crippen LogP contribution is -2.31. The highest BCUT2D eigenvalue weighted by Crippen LogP contribution is 2.25. The number of nitriles is 1. The molecule has 2 aliphatic carbocycles. The normalized spacial score (nSPS) is 29.0. The Hall–Kier alpha value is -1.91. The minimum atomic E-state index is -0.272. The Bertz CT molecular complexity index is 625. The first-order valence-corrected chi connectivity index (χ1v) is 9.77. The molecule has 0 saturated heterocycles. The topological polar surface area (TPSA) is 103 Å². The van der Waals surface area contributed by atoms with Crippen molar-refractivity contribution in [2.75, 3.05) is 17.2 Å². The first-order valence-electron chi connectivity index (χ1n) is 9.77. The minimum absolute atomic E-state index is 0.148. The van der Waals surface area contributed by atoms with Crippen molar-refractivity contribution in [2.45, 2.75) is 82.6 Å². The monoisotopic (exact) mass is 359 g/mol. The van der Waals surface area contributed by atoms with Crippen molar-refractivity contribution < 1.29 is 9.84 Å². The molecule has 0 amide bonds. The lowest BCUT2D eigenvalue weighted by molar-refractivity contribution is 0.0346. The molecule has 2 saturated carbocycles. The highest BCUT2D eigenvalue weighted by molar-refractivity contribution is 5.54. The standard InChI is InChI=1S/C19H29N5O2/c1-2-26-17-8-6-14(7-9-17)23-19-21-12-13(11-20)18(24-19)22-15-4-3-5-16(25)10-15/h12,14-17,25H,2-10H2,1H3,(H2,21,22,23,24). The Morgan fingerprint density at radius 1 is 1.19 bits per heavy atom. The summed E-state index contributed by atoms with van der Waals surface area (Å²) in [7, 11) is 0. The number of hydrogen-bond acceptors (Lipinski definition) is 7. The molecular weight excluding hydrogens is 330 g/mol. The summed E-state index contributed by atoms with van der Waals surface area (Å²) in [6.45, 7) is 2.81. The number of nitrogens with zero attached hydrogens (tertiary/aromatic N) is 3. The average Bonchev–Trinajstić information content (AvgIpc) is 2.64. The van der Waals surface area contributed by atoms with Crippen LogP contribution >= 0.6 is 0 Å². The van der Waals surface area contributed by atoms with Crippen LogP contribution in [0.4, 0.5) is 11.8 Å². The van der Waals surface area contributed by atoms with E-state index in [1.165, 1.54) is 0 Å². The molecule has 1 aromatic heterocycles. The van der Waals surface area contributed by atoms with Crippen molar-refractivity contribution in [2.24, 2.45) is 0 Å². The maximum Gasteiger partial charge on any atom is 0.224 e. The molecule has 2 atom stereocenters. The molecule has 1 aromatic rings. The molecule has 7 heteroatoms. The molecule has 0 spiro atoms. The van der Waals surface area contributed by atoms with Gasteiger partial charge in [-0.2, -0.15) is 10.2 Å². The Morgan fingerprint density at radius 3 is 2.69 bits per heavy atom. The molecule has 7 nitrogen and oxygen atoms in total. The third-order valence-electron chi connectivity index (χ3n) is 5.31. The van der Waals surface area contributed by atoms with Gasteiger partial charge in [-0.15, -0.1) is 0 Å². The van der Waals surface area contributed by atoms with E-state index in [4.69, 9.17) is 4.74 Å². The molecule has 142 valence electrons. The maximum absolute atomic E-state index is 9.85. The molecule has 2 fully saturated rings. The van der Waals surface area contributed by atoms with E-state index in [-0.39, 0.29) is 12.1 Å². The molecule has 0 radical (unpaired) electrons. The number of aliphatic hydroxyl groups excluding tert-OH is 1. The lowest BCUT2D eigenvalue weighted by atomic mass is 9.93. The lowest BCUT2D eigenvalue weighted by Gasteiger charge is -2.29. The Balaban J connectivity index is 1.61. The average molecular weight is 359 g/mol. The fraction of sp³-hybridized carbons (Fsp3) is 0.737. The number of aliphatic hydroxyl groups is 1. The van der Waals surface area contributed by atoms with Gasteiger partial charge >= 0.3 is 0 Å².